The number of nitriles is 1. The van der Waals surface area contributed by atoms with Gasteiger partial charge in [-0.2, -0.15) is 5.26 Å². The van der Waals surface area contributed by atoms with Crippen LogP contribution in [0.1, 0.15) is 18.9 Å². The van der Waals surface area contributed by atoms with Crippen LogP contribution in [0.3, 0.4) is 0 Å². The fourth-order valence-electron chi connectivity index (χ4n) is 1.72. The highest BCUT2D eigenvalue weighted by Gasteiger charge is 2.12. The van der Waals surface area contributed by atoms with Gasteiger partial charge in [0.25, 0.3) is 0 Å². The number of aromatic nitrogens is 1. The second-order valence-corrected chi connectivity index (χ2v) is 4.39. The van der Waals surface area contributed by atoms with E-state index in [1.54, 1.807) is 24.3 Å². The van der Waals surface area contributed by atoms with E-state index in [-0.39, 0.29) is 11.6 Å². The van der Waals surface area contributed by atoms with Crippen LogP contribution in [0.2, 0.25) is 0 Å². The lowest BCUT2D eigenvalue weighted by molar-refractivity contribution is 0.579. The molecule has 1 heterocycles. The molecule has 4 nitrogen and oxygen atoms in total. The predicted octanol–water partition coefficient (Wildman–Crippen LogP) is 3.80. The highest BCUT2D eigenvalue weighted by atomic mass is 19.1. The number of pyridine rings is 1. The van der Waals surface area contributed by atoms with Crippen molar-refractivity contribution in [2.45, 2.75) is 13.3 Å². The molecule has 0 amide bonds. The van der Waals surface area contributed by atoms with Crippen molar-refractivity contribution in [1.82, 2.24) is 4.98 Å². The molecule has 0 saturated heterocycles. The molecule has 0 aliphatic rings. The highest BCUT2D eigenvalue weighted by molar-refractivity contribution is 5.60. The van der Waals surface area contributed by atoms with E-state index in [2.05, 4.69) is 15.6 Å². The first-order valence-corrected chi connectivity index (χ1v) is 6.51. The zero-order valence-corrected chi connectivity index (χ0v) is 11.5. The average Bonchev–Trinajstić information content (AvgIpc) is 2.49. The van der Waals surface area contributed by atoms with Gasteiger partial charge in [0, 0.05) is 18.3 Å². The molecule has 0 aliphatic heterocycles. The Morgan fingerprint density at radius 1 is 1.19 bits per heavy atom. The van der Waals surface area contributed by atoms with Crippen LogP contribution in [0, 0.1) is 23.0 Å². The Labute approximate surface area is 121 Å². The van der Waals surface area contributed by atoms with E-state index >= 15 is 0 Å². The van der Waals surface area contributed by atoms with Crippen molar-refractivity contribution in [3.05, 3.63) is 47.5 Å². The Morgan fingerprint density at radius 3 is 2.67 bits per heavy atom. The molecule has 0 atom stereocenters. The molecule has 0 saturated carbocycles. The minimum absolute atomic E-state index is 0.00260. The third-order valence-corrected chi connectivity index (χ3v) is 2.73. The van der Waals surface area contributed by atoms with Gasteiger partial charge in [-0.1, -0.05) is 13.0 Å². The van der Waals surface area contributed by atoms with Gasteiger partial charge < -0.3 is 10.6 Å². The predicted molar refractivity (Wildman–Crippen MR) is 77.4 cm³/mol. The normalized spacial score (nSPS) is 10.0. The second-order valence-electron chi connectivity index (χ2n) is 4.39. The summed E-state index contributed by atoms with van der Waals surface area (Å²) in [6.07, 6.45) is 0.797. The summed E-state index contributed by atoms with van der Waals surface area (Å²) in [5.74, 6) is -1.63. The summed E-state index contributed by atoms with van der Waals surface area (Å²) in [5.41, 5.74) is 0.945. The van der Waals surface area contributed by atoms with Crippen LogP contribution in [0.5, 0.6) is 0 Å². The summed E-state index contributed by atoms with van der Waals surface area (Å²) < 4.78 is 27.3. The maximum Gasteiger partial charge on any atom is 0.169 e. The molecule has 0 unspecified atom stereocenters. The van der Waals surface area contributed by atoms with Gasteiger partial charge in [-0.05, 0) is 24.6 Å². The van der Waals surface area contributed by atoms with Crippen molar-refractivity contribution in [1.29, 1.82) is 5.26 Å². The molecule has 0 aliphatic carbocycles. The molecule has 6 heteroatoms. The molecular formula is C15H14F2N4. The van der Waals surface area contributed by atoms with Gasteiger partial charge in [0.15, 0.2) is 23.3 Å². The van der Waals surface area contributed by atoms with Crippen LogP contribution in [-0.2, 0) is 0 Å². The van der Waals surface area contributed by atoms with Crippen LogP contribution in [0.25, 0.3) is 0 Å². The van der Waals surface area contributed by atoms with Crippen molar-refractivity contribution in [2.75, 3.05) is 17.2 Å². The van der Waals surface area contributed by atoms with Crippen LogP contribution in [0.15, 0.2) is 30.3 Å². The number of halogens is 2. The lowest BCUT2D eigenvalue weighted by Gasteiger charge is -2.11. The topological polar surface area (TPSA) is 60.7 Å². The third kappa shape index (κ3) is 3.66. The van der Waals surface area contributed by atoms with E-state index in [4.69, 9.17) is 5.26 Å². The van der Waals surface area contributed by atoms with E-state index in [1.165, 1.54) is 0 Å². The lowest BCUT2D eigenvalue weighted by Crippen LogP contribution is -2.07. The summed E-state index contributed by atoms with van der Waals surface area (Å²) in [7, 11) is 0. The number of hydrogen-bond acceptors (Lipinski definition) is 4. The Morgan fingerprint density at radius 2 is 1.95 bits per heavy atom. The van der Waals surface area contributed by atoms with E-state index in [9.17, 15) is 8.78 Å². The summed E-state index contributed by atoms with van der Waals surface area (Å²) >= 11 is 0. The van der Waals surface area contributed by atoms with E-state index in [0.717, 1.165) is 12.5 Å². The number of anilines is 3. The Hall–Kier alpha value is -2.68. The van der Waals surface area contributed by atoms with Gasteiger partial charge in [0.2, 0.25) is 0 Å². The monoisotopic (exact) mass is 288 g/mol. The zero-order chi connectivity index (χ0) is 15.2. The lowest BCUT2D eigenvalue weighted by atomic mass is 10.2. The summed E-state index contributed by atoms with van der Waals surface area (Å²) in [4.78, 5) is 3.90. The van der Waals surface area contributed by atoms with Crippen LogP contribution in [0.4, 0.5) is 26.1 Å². The number of hydrogen-bond donors (Lipinski definition) is 2. The first kappa shape index (κ1) is 14.7. The fraction of sp³-hybridized carbons (Fsp3) is 0.200. The van der Waals surface area contributed by atoms with Crippen molar-refractivity contribution in [2.24, 2.45) is 0 Å². The van der Waals surface area contributed by atoms with Crippen molar-refractivity contribution >= 4 is 17.3 Å². The van der Waals surface area contributed by atoms with Crippen LogP contribution >= 0.6 is 0 Å². The molecule has 1 aromatic heterocycles. The Bertz CT molecular complexity index is 680. The van der Waals surface area contributed by atoms with Gasteiger partial charge in [0.05, 0.1) is 11.6 Å². The number of nitrogens with zero attached hydrogens (tertiary/aromatic N) is 2. The molecule has 0 spiro atoms. The SMILES string of the molecule is CCCNc1nc(Nc2cccc(C#N)c2)c(F)cc1F. The summed E-state index contributed by atoms with van der Waals surface area (Å²) in [5, 5.41) is 14.4. The molecule has 2 rings (SSSR count). The maximum atomic E-state index is 13.8. The Balaban J connectivity index is 2.28. The summed E-state index contributed by atoms with van der Waals surface area (Å²) in [6, 6.07) is 9.30. The molecule has 2 aromatic rings. The molecule has 0 fully saturated rings. The molecule has 21 heavy (non-hydrogen) atoms. The Kier molecular flexibility index (Phi) is 4.67. The maximum absolute atomic E-state index is 13.8. The third-order valence-electron chi connectivity index (χ3n) is 2.73. The molecule has 108 valence electrons. The standard InChI is InChI=1S/C15H14F2N4/c1-2-6-19-14-12(16)8-13(17)15(21-14)20-11-5-3-4-10(7-11)9-18/h3-5,7-8H,2,6H2,1H3,(H2,19,20,21). The van der Waals surface area contributed by atoms with Crippen molar-refractivity contribution in [3.63, 3.8) is 0 Å². The van der Waals surface area contributed by atoms with Crippen molar-refractivity contribution in [3.8, 4) is 6.07 Å². The van der Waals surface area contributed by atoms with Gasteiger partial charge in [-0.3, -0.25) is 0 Å². The second kappa shape index (κ2) is 6.66. The fourth-order valence-corrected chi connectivity index (χ4v) is 1.72. The van der Waals surface area contributed by atoms with Gasteiger partial charge in [0.1, 0.15) is 0 Å². The zero-order valence-electron chi connectivity index (χ0n) is 11.5. The van der Waals surface area contributed by atoms with Gasteiger partial charge in [-0.15, -0.1) is 0 Å². The summed E-state index contributed by atoms with van der Waals surface area (Å²) in [6.45, 7) is 2.47. The van der Waals surface area contributed by atoms with E-state index < -0.39 is 11.6 Å². The van der Waals surface area contributed by atoms with E-state index in [0.29, 0.717) is 17.8 Å². The number of nitrogens with one attached hydrogen (secondary N) is 2. The molecular weight excluding hydrogens is 274 g/mol. The number of rotatable bonds is 5. The molecule has 0 radical (unpaired) electrons. The van der Waals surface area contributed by atoms with E-state index in [1.807, 2.05) is 13.0 Å². The molecule has 1 aromatic carbocycles. The average molecular weight is 288 g/mol. The quantitative estimate of drug-likeness (QED) is 0.878. The van der Waals surface area contributed by atoms with Crippen LogP contribution in [-0.4, -0.2) is 11.5 Å². The number of benzene rings is 1. The first-order valence-electron chi connectivity index (χ1n) is 6.51. The van der Waals surface area contributed by atoms with Gasteiger partial charge >= 0.3 is 0 Å². The molecule has 0 bridgehead atoms. The minimum Gasteiger partial charge on any atom is -0.368 e. The smallest absolute Gasteiger partial charge is 0.169 e. The highest BCUT2D eigenvalue weighted by Crippen LogP contribution is 2.23. The minimum atomic E-state index is -0.795. The first-order chi connectivity index (χ1) is 10.1. The molecule has 2 N–H and O–H groups in total. The van der Waals surface area contributed by atoms with Gasteiger partial charge in [-0.25, -0.2) is 13.8 Å². The largest absolute Gasteiger partial charge is 0.368 e. The van der Waals surface area contributed by atoms with Crippen LogP contribution < -0.4 is 10.6 Å². The van der Waals surface area contributed by atoms with Crippen molar-refractivity contribution < 1.29 is 8.78 Å².